The van der Waals surface area contributed by atoms with Crippen molar-refractivity contribution in [3.05, 3.63) is 78.4 Å². The predicted molar refractivity (Wildman–Crippen MR) is 135 cm³/mol. The minimum absolute atomic E-state index is 0.0991. The molecule has 3 aromatic carbocycles. The van der Waals surface area contributed by atoms with Crippen LogP contribution in [0.4, 0.5) is 16.2 Å². The number of hydrogen-bond donors (Lipinski definition) is 3. The van der Waals surface area contributed by atoms with Gasteiger partial charge in [-0.05, 0) is 55.2 Å². The number of rotatable bonds is 8. The number of para-hydroxylation sites is 2. The number of aliphatic carboxylic acids is 1. The van der Waals surface area contributed by atoms with Gasteiger partial charge in [-0.2, -0.15) is 0 Å². The number of nitrogens with one attached hydrogen (secondary N) is 2. The van der Waals surface area contributed by atoms with Gasteiger partial charge in [0, 0.05) is 17.2 Å². The van der Waals surface area contributed by atoms with Gasteiger partial charge < -0.3 is 20.5 Å². The third-order valence-corrected chi connectivity index (χ3v) is 6.25. The average Bonchev–Trinajstić information content (AvgIpc) is 3.36. The van der Waals surface area contributed by atoms with Crippen LogP contribution >= 0.6 is 0 Å². The first-order valence-electron chi connectivity index (χ1n) is 11.7. The molecule has 0 radical (unpaired) electrons. The first-order valence-corrected chi connectivity index (χ1v) is 11.7. The summed E-state index contributed by atoms with van der Waals surface area (Å²) < 4.78 is 5.53. The van der Waals surface area contributed by atoms with Crippen LogP contribution in [-0.4, -0.2) is 29.5 Å². The Morgan fingerprint density at radius 2 is 1.49 bits per heavy atom. The van der Waals surface area contributed by atoms with E-state index in [0.29, 0.717) is 42.1 Å². The Morgan fingerprint density at radius 3 is 2.14 bits per heavy atom. The number of carbonyl (C=O) groups excluding carboxylic acids is 2. The van der Waals surface area contributed by atoms with Gasteiger partial charge in [-0.3, -0.25) is 9.59 Å². The van der Waals surface area contributed by atoms with Gasteiger partial charge in [-0.25, -0.2) is 4.79 Å². The van der Waals surface area contributed by atoms with Gasteiger partial charge in [0.05, 0.1) is 18.2 Å². The Labute approximate surface area is 204 Å². The quantitative estimate of drug-likeness (QED) is 0.345. The molecule has 0 bridgehead atoms. The topological polar surface area (TPSA) is 105 Å². The number of Topliss-reactive ketones (excluding diaryl/α,β-unsaturated/α-hetero) is 1. The minimum atomic E-state index is -0.890. The first kappa shape index (κ1) is 24.0. The summed E-state index contributed by atoms with van der Waals surface area (Å²) in [5.41, 5.74) is 3.61. The average molecular weight is 473 g/mol. The maximum absolute atomic E-state index is 12.8. The second-order valence-corrected chi connectivity index (χ2v) is 8.51. The van der Waals surface area contributed by atoms with Crippen molar-refractivity contribution in [3.8, 4) is 16.9 Å². The number of hydrogen-bond acceptors (Lipinski definition) is 4. The van der Waals surface area contributed by atoms with Crippen molar-refractivity contribution in [1.82, 2.24) is 0 Å². The third kappa shape index (κ3) is 5.69. The van der Waals surface area contributed by atoms with Crippen molar-refractivity contribution in [2.75, 3.05) is 17.2 Å². The summed E-state index contributed by atoms with van der Waals surface area (Å²) in [4.78, 5) is 36.7. The summed E-state index contributed by atoms with van der Waals surface area (Å²) in [5.74, 6) is -1.42. The van der Waals surface area contributed by atoms with E-state index in [-0.39, 0.29) is 11.8 Å². The summed E-state index contributed by atoms with van der Waals surface area (Å²) >= 11 is 0. The summed E-state index contributed by atoms with van der Waals surface area (Å²) in [7, 11) is 0. The van der Waals surface area contributed by atoms with E-state index in [1.165, 1.54) is 0 Å². The van der Waals surface area contributed by atoms with Crippen LogP contribution in [0.25, 0.3) is 11.1 Å². The van der Waals surface area contributed by atoms with E-state index >= 15 is 0 Å². The van der Waals surface area contributed by atoms with Gasteiger partial charge in [0.2, 0.25) is 0 Å². The highest BCUT2D eigenvalue weighted by Crippen LogP contribution is 2.35. The molecule has 1 aliphatic carbocycles. The maximum atomic E-state index is 12.8. The Bertz CT molecular complexity index is 1200. The monoisotopic (exact) mass is 472 g/mol. The zero-order valence-corrected chi connectivity index (χ0v) is 19.5. The van der Waals surface area contributed by atoms with Gasteiger partial charge in [-0.15, -0.1) is 0 Å². The molecule has 3 aromatic rings. The summed E-state index contributed by atoms with van der Waals surface area (Å²) in [5, 5.41) is 15.0. The fourth-order valence-electron chi connectivity index (χ4n) is 4.49. The number of carbonyl (C=O) groups is 3. The number of urea groups is 1. The smallest absolute Gasteiger partial charge is 0.323 e. The van der Waals surface area contributed by atoms with Crippen molar-refractivity contribution in [1.29, 1.82) is 0 Å². The van der Waals surface area contributed by atoms with Gasteiger partial charge in [-0.1, -0.05) is 55.0 Å². The molecule has 2 unspecified atom stereocenters. The highest BCUT2D eigenvalue weighted by molar-refractivity contribution is 6.01. The van der Waals surface area contributed by atoms with Crippen molar-refractivity contribution in [3.63, 3.8) is 0 Å². The van der Waals surface area contributed by atoms with Crippen molar-refractivity contribution < 1.29 is 24.2 Å². The van der Waals surface area contributed by atoms with Crippen molar-refractivity contribution >= 4 is 29.2 Å². The van der Waals surface area contributed by atoms with Crippen LogP contribution in [0, 0.1) is 11.8 Å². The maximum Gasteiger partial charge on any atom is 0.323 e. The van der Waals surface area contributed by atoms with Crippen LogP contribution in [0.3, 0.4) is 0 Å². The number of carboxylic acid groups (broad SMARTS) is 1. The first-order chi connectivity index (χ1) is 17.0. The third-order valence-electron chi connectivity index (χ3n) is 6.25. The Balaban J connectivity index is 1.38. The number of ether oxygens (including phenoxy) is 1. The van der Waals surface area contributed by atoms with E-state index in [0.717, 1.165) is 17.5 Å². The van der Waals surface area contributed by atoms with Crippen LogP contribution in [0.15, 0.2) is 72.8 Å². The van der Waals surface area contributed by atoms with E-state index in [1.54, 1.807) is 36.4 Å². The SMILES string of the molecule is CCOc1ccccc1NC(=O)Nc1ccc(-c2ccc(C(=O)C3CCCC3C(=O)O)cc2)cc1. The van der Waals surface area contributed by atoms with Crippen LogP contribution in [0.2, 0.25) is 0 Å². The zero-order valence-electron chi connectivity index (χ0n) is 19.5. The molecule has 180 valence electrons. The van der Waals surface area contributed by atoms with Crippen LogP contribution in [0.1, 0.15) is 36.5 Å². The number of carboxylic acids is 1. The molecule has 0 heterocycles. The molecule has 2 atom stereocenters. The number of anilines is 2. The molecule has 0 aliphatic heterocycles. The summed E-state index contributed by atoms with van der Waals surface area (Å²) in [6.07, 6.45) is 1.95. The molecule has 7 nitrogen and oxygen atoms in total. The Hall–Kier alpha value is -4.13. The summed E-state index contributed by atoms with van der Waals surface area (Å²) in [6, 6.07) is 21.5. The van der Waals surface area contributed by atoms with Crippen molar-refractivity contribution in [2.24, 2.45) is 11.8 Å². The second-order valence-electron chi connectivity index (χ2n) is 8.51. The number of amides is 2. The lowest BCUT2D eigenvalue weighted by atomic mass is 9.88. The minimum Gasteiger partial charge on any atom is -0.492 e. The Kier molecular flexibility index (Phi) is 7.45. The normalized spacial score (nSPS) is 16.9. The molecule has 3 N–H and O–H groups in total. The van der Waals surface area contributed by atoms with E-state index in [4.69, 9.17) is 4.74 Å². The summed E-state index contributed by atoms with van der Waals surface area (Å²) in [6.45, 7) is 2.38. The van der Waals surface area contributed by atoms with Crippen LogP contribution in [0.5, 0.6) is 5.75 Å². The number of benzene rings is 3. The number of ketones is 1. The lowest BCUT2D eigenvalue weighted by molar-refractivity contribution is -0.142. The molecule has 0 spiro atoms. The second kappa shape index (κ2) is 10.9. The fourth-order valence-corrected chi connectivity index (χ4v) is 4.49. The largest absolute Gasteiger partial charge is 0.492 e. The lowest BCUT2D eigenvalue weighted by Gasteiger charge is -2.15. The molecular formula is C28H28N2O5. The molecule has 1 saturated carbocycles. The van der Waals surface area contributed by atoms with E-state index < -0.39 is 17.8 Å². The fraction of sp³-hybridized carbons (Fsp3) is 0.250. The molecule has 0 saturated heterocycles. The van der Waals surface area contributed by atoms with Gasteiger partial charge >= 0.3 is 12.0 Å². The van der Waals surface area contributed by atoms with Gasteiger partial charge in [0.1, 0.15) is 5.75 Å². The standard InChI is InChI=1S/C28H28N2O5/c1-2-35-25-9-4-3-8-24(25)30-28(34)29-21-16-14-19(15-17-21)18-10-12-20(13-11-18)26(31)22-6-5-7-23(22)27(32)33/h3-4,8-17,22-23H,2,5-7H2,1H3,(H,32,33)(H2,29,30,34). The van der Waals surface area contributed by atoms with E-state index in [2.05, 4.69) is 10.6 Å². The van der Waals surface area contributed by atoms with E-state index in [9.17, 15) is 19.5 Å². The molecule has 35 heavy (non-hydrogen) atoms. The molecule has 1 fully saturated rings. The van der Waals surface area contributed by atoms with Gasteiger partial charge in [0.15, 0.2) is 5.78 Å². The van der Waals surface area contributed by atoms with Crippen LogP contribution in [-0.2, 0) is 4.79 Å². The zero-order chi connectivity index (χ0) is 24.8. The Morgan fingerprint density at radius 1 is 0.857 bits per heavy atom. The molecule has 7 heteroatoms. The molecule has 0 aromatic heterocycles. The molecule has 2 amide bonds. The highest BCUT2D eigenvalue weighted by Gasteiger charge is 2.37. The highest BCUT2D eigenvalue weighted by atomic mass is 16.5. The molecule has 4 rings (SSSR count). The van der Waals surface area contributed by atoms with E-state index in [1.807, 2.05) is 43.3 Å². The molecule has 1 aliphatic rings. The molecular weight excluding hydrogens is 444 g/mol. The van der Waals surface area contributed by atoms with Crippen molar-refractivity contribution in [2.45, 2.75) is 26.2 Å². The lowest BCUT2D eigenvalue weighted by Crippen LogP contribution is -2.25. The van der Waals surface area contributed by atoms with Gasteiger partial charge in [0.25, 0.3) is 0 Å². The van der Waals surface area contributed by atoms with Crippen LogP contribution < -0.4 is 15.4 Å². The predicted octanol–water partition coefficient (Wildman–Crippen LogP) is 6.08.